The normalized spacial score (nSPS) is 8.82. The summed E-state index contributed by atoms with van der Waals surface area (Å²) < 4.78 is 1.72. The van der Waals surface area contributed by atoms with Crippen molar-refractivity contribution in [3.05, 3.63) is 0 Å². The van der Waals surface area contributed by atoms with Crippen LogP contribution in [-0.4, -0.2) is 29.3 Å². The Hall–Kier alpha value is 0.01000. The first-order valence-electron chi connectivity index (χ1n) is 3.33. The molecule has 0 aromatic rings. The third-order valence-corrected chi connectivity index (χ3v) is 1.56. The van der Waals surface area contributed by atoms with Crippen LogP contribution in [0.3, 0.4) is 0 Å². The maximum atomic E-state index is 9.46. The van der Waals surface area contributed by atoms with E-state index in [9.17, 15) is 4.79 Å². The van der Waals surface area contributed by atoms with E-state index in [0.29, 0.717) is 0 Å². The van der Waals surface area contributed by atoms with Crippen molar-refractivity contribution in [1.82, 2.24) is 4.42 Å². The maximum absolute atomic E-state index is 9.46. The molecule has 0 rings (SSSR count). The number of nitrogens with two attached hydrogens (primary N) is 1. The number of hydrogen-bond donors (Lipinski definition) is 1. The largest absolute Gasteiger partial charge is 0.369 e. The zero-order valence-electron chi connectivity index (χ0n) is 6.81. The van der Waals surface area contributed by atoms with Gasteiger partial charge in [0.15, 0.2) is 0 Å². The molecule has 0 heterocycles. The fourth-order valence-electron chi connectivity index (χ4n) is 0.224. The van der Waals surface area contributed by atoms with Crippen molar-refractivity contribution in [3.63, 3.8) is 0 Å². The first kappa shape index (κ1) is 13.6. The number of alkyl halides is 1. The van der Waals surface area contributed by atoms with E-state index < -0.39 is 5.91 Å². The van der Waals surface area contributed by atoms with Crippen molar-refractivity contribution in [1.29, 1.82) is 0 Å². The summed E-state index contributed by atoms with van der Waals surface area (Å²) in [5.41, 5.74) is 4.52. The predicted octanol–water partition coefficient (Wildman–Crippen LogP) is 1.19. The summed E-state index contributed by atoms with van der Waals surface area (Å²) in [6, 6.07) is 0. The lowest BCUT2D eigenvalue weighted by Crippen LogP contribution is -2.10. The molecule has 0 bridgehead atoms. The highest BCUT2D eigenvalue weighted by molar-refractivity contribution is 6.27. The number of nitrogens with zero attached hydrogens (tertiary/aromatic N) is 1. The average molecular weight is 201 g/mol. The molecule has 0 saturated heterocycles. The second kappa shape index (κ2) is 10.0. The second-order valence-corrected chi connectivity index (χ2v) is 2.44. The summed E-state index contributed by atoms with van der Waals surface area (Å²) >= 11 is 10.3. The van der Waals surface area contributed by atoms with E-state index in [1.54, 1.807) is 4.42 Å². The number of carbonyl (C=O) groups is 1. The van der Waals surface area contributed by atoms with Gasteiger partial charge < -0.3 is 5.73 Å². The van der Waals surface area contributed by atoms with Gasteiger partial charge in [0.2, 0.25) is 5.91 Å². The molecule has 5 heteroatoms. The van der Waals surface area contributed by atoms with E-state index in [2.05, 4.69) is 5.73 Å². The summed E-state index contributed by atoms with van der Waals surface area (Å²) in [6.45, 7) is 5.91. The highest BCUT2D eigenvalue weighted by Crippen LogP contribution is 1.87. The lowest BCUT2D eigenvalue weighted by molar-refractivity contribution is -0.115. The van der Waals surface area contributed by atoms with Crippen LogP contribution in [0.15, 0.2) is 0 Å². The van der Waals surface area contributed by atoms with Crippen molar-refractivity contribution in [2.24, 2.45) is 5.73 Å². The van der Waals surface area contributed by atoms with Gasteiger partial charge in [-0.15, -0.1) is 11.6 Å². The first-order valence-corrected chi connectivity index (χ1v) is 4.20. The number of amides is 1. The van der Waals surface area contributed by atoms with Gasteiger partial charge in [0, 0.05) is 13.1 Å². The van der Waals surface area contributed by atoms with Crippen LogP contribution < -0.4 is 5.73 Å². The SMILES string of the molecule is CCN(Cl)CC.NC(=O)CCl. The van der Waals surface area contributed by atoms with E-state index in [1.807, 2.05) is 13.8 Å². The summed E-state index contributed by atoms with van der Waals surface area (Å²) in [5.74, 6) is -0.563. The highest BCUT2D eigenvalue weighted by Gasteiger charge is 1.85. The van der Waals surface area contributed by atoms with Gasteiger partial charge >= 0.3 is 0 Å². The van der Waals surface area contributed by atoms with Gasteiger partial charge in [-0.25, -0.2) is 4.42 Å². The minimum absolute atomic E-state index is 0.0833. The zero-order valence-corrected chi connectivity index (χ0v) is 8.32. The molecule has 0 aromatic carbocycles. The lowest BCUT2D eigenvalue weighted by Gasteiger charge is -2.03. The van der Waals surface area contributed by atoms with Gasteiger partial charge in [-0.1, -0.05) is 13.8 Å². The molecular formula is C6H14Cl2N2O. The zero-order chi connectivity index (χ0) is 9.28. The molecule has 0 aromatic heterocycles. The molecule has 0 unspecified atom stereocenters. The average Bonchev–Trinajstić information content (AvgIpc) is 2.04. The molecule has 0 fully saturated rings. The third kappa shape index (κ3) is 17.8. The van der Waals surface area contributed by atoms with Gasteiger partial charge in [0.25, 0.3) is 0 Å². The Morgan fingerprint density at radius 1 is 1.45 bits per heavy atom. The summed E-state index contributed by atoms with van der Waals surface area (Å²) in [7, 11) is 0. The van der Waals surface area contributed by atoms with Gasteiger partial charge in [-0.05, 0) is 11.8 Å². The smallest absolute Gasteiger partial charge is 0.232 e. The molecule has 0 saturated carbocycles. The van der Waals surface area contributed by atoms with Crippen LogP contribution in [0.2, 0.25) is 0 Å². The lowest BCUT2D eigenvalue weighted by atomic mass is 10.7. The Morgan fingerprint density at radius 2 is 1.73 bits per heavy atom. The van der Waals surface area contributed by atoms with Crippen LogP contribution >= 0.6 is 23.4 Å². The first-order chi connectivity index (χ1) is 5.08. The molecule has 3 nitrogen and oxygen atoms in total. The Labute approximate surface area is 77.5 Å². The molecular weight excluding hydrogens is 187 g/mol. The molecule has 68 valence electrons. The Kier molecular flexibility index (Phi) is 12.4. The summed E-state index contributed by atoms with van der Waals surface area (Å²) in [5, 5.41) is 0. The van der Waals surface area contributed by atoms with Crippen molar-refractivity contribution < 1.29 is 4.79 Å². The van der Waals surface area contributed by atoms with Crippen molar-refractivity contribution in [2.75, 3.05) is 19.0 Å². The fraction of sp³-hybridized carbons (Fsp3) is 0.833. The molecule has 0 radical (unpaired) electrons. The quantitative estimate of drug-likeness (QED) is 0.550. The maximum Gasteiger partial charge on any atom is 0.232 e. The molecule has 0 atom stereocenters. The molecule has 0 aliphatic carbocycles. The summed E-state index contributed by atoms with van der Waals surface area (Å²) in [4.78, 5) is 9.46. The predicted molar refractivity (Wildman–Crippen MR) is 48.7 cm³/mol. The van der Waals surface area contributed by atoms with Crippen LogP contribution in [-0.2, 0) is 4.79 Å². The standard InChI is InChI=1S/C4H10ClN.C2H4ClNO/c1-3-6(5)4-2;3-1-2(4)5/h3-4H2,1-2H3;1H2,(H2,4,5). The van der Waals surface area contributed by atoms with Gasteiger partial charge in [-0.3, -0.25) is 4.79 Å². The summed E-state index contributed by atoms with van der Waals surface area (Å²) in [6.07, 6.45) is 0. The number of rotatable bonds is 3. The van der Waals surface area contributed by atoms with E-state index in [-0.39, 0.29) is 5.88 Å². The topological polar surface area (TPSA) is 46.3 Å². The van der Waals surface area contributed by atoms with Crippen LogP contribution in [0, 0.1) is 0 Å². The monoisotopic (exact) mass is 200 g/mol. The molecule has 2 N–H and O–H groups in total. The Balaban J connectivity index is 0. The van der Waals surface area contributed by atoms with Crippen LogP contribution in [0.5, 0.6) is 0 Å². The molecule has 1 amide bonds. The molecule has 0 aliphatic rings. The minimum atomic E-state index is -0.480. The minimum Gasteiger partial charge on any atom is -0.369 e. The van der Waals surface area contributed by atoms with Crippen molar-refractivity contribution in [3.8, 4) is 0 Å². The number of primary amides is 1. The molecule has 11 heavy (non-hydrogen) atoms. The molecule has 0 aliphatic heterocycles. The van der Waals surface area contributed by atoms with Crippen molar-refractivity contribution in [2.45, 2.75) is 13.8 Å². The third-order valence-electron chi connectivity index (χ3n) is 0.818. The van der Waals surface area contributed by atoms with Crippen LogP contribution in [0.1, 0.15) is 13.8 Å². The second-order valence-electron chi connectivity index (χ2n) is 1.70. The number of halogens is 2. The van der Waals surface area contributed by atoms with Crippen molar-refractivity contribution >= 4 is 29.3 Å². The van der Waals surface area contributed by atoms with E-state index in [1.165, 1.54) is 0 Å². The van der Waals surface area contributed by atoms with Crippen LogP contribution in [0.25, 0.3) is 0 Å². The Morgan fingerprint density at radius 3 is 1.73 bits per heavy atom. The van der Waals surface area contributed by atoms with E-state index >= 15 is 0 Å². The molecule has 0 spiro atoms. The Bertz CT molecular complexity index is 96.6. The van der Waals surface area contributed by atoms with Gasteiger partial charge in [-0.2, -0.15) is 0 Å². The highest BCUT2D eigenvalue weighted by atomic mass is 35.5. The number of carbonyl (C=O) groups excluding carboxylic acids is 1. The van der Waals surface area contributed by atoms with E-state index in [4.69, 9.17) is 23.4 Å². The van der Waals surface area contributed by atoms with Gasteiger partial charge in [0.1, 0.15) is 5.88 Å². The fourth-order valence-corrected chi connectivity index (χ4v) is 0.224. The van der Waals surface area contributed by atoms with E-state index in [0.717, 1.165) is 13.1 Å². The number of hydrogen-bond acceptors (Lipinski definition) is 2. The van der Waals surface area contributed by atoms with Gasteiger partial charge in [0.05, 0.1) is 0 Å². The van der Waals surface area contributed by atoms with Crippen LogP contribution in [0.4, 0.5) is 0 Å².